The summed E-state index contributed by atoms with van der Waals surface area (Å²) in [6.45, 7) is 0. The van der Waals surface area contributed by atoms with Crippen LogP contribution >= 0.6 is 0 Å². The molecule has 3 aromatic heterocycles. The second kappa shape index (κ2) is 16.7. The molecule has 0 N–H and O–H groups in total. The molecule has 0 aliphatic heterocycles. The van der Waals surface area contributed by atoms with Crippen molar-refractivity contribution >= 4 is 72.6 Å². The molecule has 0 spiro atoms. The van der Waals surface area contributed by atoms with E-state index in [0.717, 1.165) is 66.5 Å². The van der Waals surface area contributed by atoms with Crippen molar-refractivity contribution in [3.63, 3.8) is 0 Å². The van der Waals surface area contributed by atoms with Gasteiger partial charge in [-0.2, -0.15) is 0 Å². The Balaban J connectivity index is 1.01. The van der Waals surface area contributed by atoms with Crippen molar-refractivity contribution in [3.8, 4) is 51.0 Å². The summed E-state index contributed by atoms with van der Waals surface area (Å²) in [5, 5.41) is 9.80. The molecule has 0 saturated heterocycles. The quantitative estimate of drug-likeness (QED) is 0.107. The minimum Gasteiger partial charge on any atom is -0.455 e. The lowest BCUT2D eigenvalue weighted by molar-refractivity contribution is 0.670. The normalized spacial score (nSPS) is 11.8. The zero-order valence-corrected chi connectivity index (χ0v) is 38.4. The number of hydrogen-bond acceptors (Lipinski definition) is 4. The predicted octanol–water partition coefficient (Wildman–Crippen LogP) is 12.9. The largest absolute Gasteiger partial charge is 0.455 e. The Hall–Kier alpha value is -8.97. The summed E-state index contributed by atoms with van der Waals surface area (Å²) in [7, 11) is -2.77. The molecule has 0 unspecified atom stereocenters. The van der Waals surface area contributed by atoms with Crippen molar-refractivity contribution in [1.29, 1.82) is 0 Å². The second-order valence-electron chi connectivity index (χ2n) is 17.5. The molecule has 5 nitrogen and oxygen atoms in total. The molecule has 0 fully saturated rings. The van der Waals surface area contributed by atoms with Gasteiger partial charge in [0.25, 0.3) is 0 Å². The first-order valence-corrected chi connectivity index (χ1v) is 25.3. The van der Waals surface area contributed by atoms with E-state index in [9.17, 15) is 0 Å². The van der Waals surface area contributed by atoms with E-state index in [-0.39, 0.29) is 0 Å². The summed E-state index contributed by atoms with van der Waals surface area (Å²) in [6, 6.07) is 90.8. The zero-order chi connectivity index (χ0) is 45.7. The molecule has 13 rings (SSSR count). The highest BCUT2D eigenvalue weighted by Gasteiger charge is 2.41. The number of nitrogens with zero attached hydrogens (tertiary/aromatic N) is 4. The third-order valence-corrected chi connectivity index (χ3v) is 18.4. The Labute approximate surface area is 400 Å². The number of benzene rings is 10. The lowest BCUT2D eigenvalue weighted by Gasteiger charge is -2.34. The van der Waals surface area contributed by atoms with Crippen LogP contribution in [0.5, 0.6) is 0 Å². The monoisotopic (exact) mass is 898 g/mol. The van der Waals surface area contributed by atoms with Gasteiger partial charge in [0, 0.05) is 43.8 Å². The van der Waals surface area contributed by atoms with E-state index in [2.05, 4.69) is 247 Å². The van der Waals surface area contributed by atoms with Crippen LogP contribution < -0.4 is 20.7 Å². The van der Waals surface area contributed by atoms with E-state index in [1.54, 1.807) is 0 Å². The van der Waals surface area contributed by atoms with Gasteiger partial charge in [-0.3, -0.25) is 0 Å². The zero-order valence-electron chi connectivity index (χ0n) is 37.4. The van der Waals surface area contributed by atoms with Crippen molar-refractivity contribution in [2.75, 3.05) is 0 Å². The van der Waals surface area contributed by atoms with E-state index in [0.29, 0.717) is 17.5 Å². The molecule has 0 bridgehead atoms. The molecule has 0 aliphatic carbocycles. The number of hydrogen-bond donors (Lipinski definition) is 0. The molecular formula is C63H42N4OSi. The molecule has 3 heterocycles. The molecule has 0 radical (unpaired) electrons. The fraction of sp³-hybridized carbons (Fsp3) is 0. The van der Waals surface area contributed by atoms with Crippen LogP contribution in [0.2, 0.25) is 0 Å². The first-order chi connectivity index (χ1) is 34.2. The minimum atomic E-state index is -2.77. The standard InChI is InChI=1S/C63H42N4OSi/c1-4-22-46(23-5-1)69(47-24-6-2-7-25-47,48-26-8-3-9-27-48)49-40-38-43(39-41-49)61-64-62(45-21-18-20-44(42-45)50-32-19-33-54-53-30-13-17-37-59(53)68-60(50)54)66-63(65-61)55-31-12-16-36-58(55)67-56-34-14-10-28-51(56)52-29-11-15-35-57(52)67/h1-42H. The van der Waals surface area contributed by atoms with Gasteiger partial charge in [-0.15, -0.1) is 0 Å². The lowest BCUT2D eigenvalue weighted by Crippen LogP contribution is -2.74. The number of fused-ring (bicyclic) bond motifs is 6. The first kappa shape index (κ1) is 40.3. The minimum absolute atomic E-state index is 0.580. The molecule has 13 aromatic rings. The van der Waals surface area contributed by atoms with E-state index in [1.807, 2.05) is 12.1 Å². The van der Waals surface area contributed by atoms with Gasteiger partial charge in [0.2, 0.25) is 0 Å². The van der Waals surface area contributed by atoms with E-state index >= 15 is 0 Å². The molecule has 0 amide bonds. The molecule has 0 aliphatic rings. The van der Waals surface area contributed by atoms with Crippen molar-refractivity contribution < 1.29 is 4.42 Å². The number of furan rings is 1. The van der Waals surface area contributed by atoms with Crippen LogP contribution in [0.4, 0.5) is 0 Å². The van der Waals surface area contributed by atoms with Gasteiger partial charge in [-0.1, -0.05) is 218 Å². The lowest BCUT2D eigenvalue weighted by atomic mass is 10.00. The Morgan fingerprint density at radius 1 is 0.319 bits per heavy atom. The van der Waals surface area contributed by atoms with Crippen LogP contribution in [0.3, 0.4) is 0 Å². The van der Waals surface area contributed by atoms with Gasteiger partial charge in [0.05, 0.1) is 16.7 Å². The Bertz CT molecular complexity index is 3860. The highest BCUT2D eigenvalue weighted by molar-refractivity contribution is 7.19. The highest BCUT2D eigenvalue weighted by atomic mass is 28.3. The van der Waals surface area contributed by atoms with Crippen LogP contribution in [0, 0.1) is 0 Å². The van der Waals surface area contributed by atoms with Gasteiger partial charge < -0.3 is 8.98 Å². The molecular weight excluding hydrogens is 857 g/mol. The van der Waals surface area contributed by atoms with Gasteiger partial charge in [0.15, 0.2) is 25.5 Å². The SMILES string of the molecule is c1ccc([Si](c2ccccc2)(c2ccccc2)c2ccc(-c3nc(-c4cccc(-c5cccc6c5oc5ccccc56)c4)nc(-c4ccccc4-n4c5ccccc5c5ccccc54)n3)cc2)cc1. The Morgan fingerprint density at radius 2 is 0.783 bits per heavy atom. The van der Waals surface area contributed by atoms with Crippen LogP contribution in [-0.4, -0.2) is 27.6 Å². The average molecular weight is 899 g/mol. The predicted molar refractivity (Wildman–Crippen MR) is 287 cm³/mol. The van der Waals surface area contributed by atoms with Gasteiger partial charge in [0.1, 0.15) is 11.2 Å². The summed E-state index contributed by atoms with van der Waals surface area (Å²) in [5.41, 5.74) is 9.65. The smallest absolute Gasteiger partial charge is 0.179 e. The second-order valence-corrected chi connectivity index (χ2v) is 21.3. The van der Waals surface area contributed by atoms with E-state index in [4.69, 9.17) is 19.4 Å². The van der Waals surface area contributed by atoms with Crippen molar-refractivity contribution in [1.82, 2.24) is 19.5 Å². The summed E-state index contributed by atoms with van der Waals surface area (Å²) < 4.78 is 8.87. The number of rotatable bonds is 9. The molecule has 324 valence electrons. The summed E-state index contributed by atoms with van der Waals surface area (Å²) in [5.74, 6) is 1.76. The Kier molecular flexibility index (Phi) is 9.77. The Morgan fingerprint density at radius 3 is 1.43 bits per heavy atom. The summed E-state index contributed by atoms with van der Waals surface area (Å²) in [4.78, 5) is 16.1. The molecule has 6 heteroatoms. The fourth-order valence-electron chi connectivity index (χ4n) is 10.5. The average Bonchev–Trinajstić information content (AvgIpc) is 3.98. The maximum absolute atomic E-state index is 6.52. The van der Waals surface area contributed by atoms with Crippen molar-refractivity contribution in [3.05, 3.63) is 255 Å². The van der Waals surface area contributed by atoms with Crippen molar-refractivity contribution in [2.24, 2.45) is 0 Å². The summed E-state index contributed by atoms with van der Waals surface area (Å²) in [6.07, 6.45) is 0. The van der Waals surface area contributed by atoms with Crippen LogP contribution in [0.1, 0.15) is 0 Å². The van der Waals surface area contributed by atoms with Gasteiger partial charge >= 0.3 is 0 Å². The van der Waals surface area contributed by atoms with Crippen LogP contribution in [0.15, 0.2) is 259 Å². The first-order valence-electron chi connectivity index (χ1n) is 23.3. The fourth-order valence-corrected chi connectivity index (χ4v) is 15.3. The molecule has 69 heavy (non-hydrogen) atoms. The molecule has 0 atom stereocenters. The van der Waals surface area contributed by atoms with Crippen LogP contribution in [0.25, 0.3) is 94.7 Å². The highest BCUT2D eigenvalue weighted by Crippen LogP contribution is 2.39. The van der Waals surface area contributed by atoms with Gasteiger partial charge in [-0.25, -0.2) is 15.0 Å². The maximum atomic E-state index is 6.52. The molecule has 10 aromatic carbocycles. The third-order valence-electron chi connectivity index (χ3n) is 13.6. The number of aromatic nitrogens is 4. The topological polar surface area (TPSA) is 56.7 Å². The van der Waals surface area contributed by atoms with Crippen molar-refractivity contribution in [2.45, 2.75) is 0 Å². The summed E-state index contributed by atoms with van der Waals surface area (Å²) >= 11 is 0. The van der Waals surface area contributed by atoms with Crippen LogP contribution in [-0.2, 0) is 0 Å². The van der Waals surface area contributed by atoms with Gasteiger partial charge in [-0.05, 0) is 62.7 Å². The third kappa shape index (κ3) is 6.72. The maximum Gasteiger partial charge on any atom is 0.179 e. The van der Waals surface area contributed by atoms with E-state index < -0.39 is 8.07 Å². The number of para-hydroxylation sites is 5. The van der Waals surface area contributed by atoms with E-state index in [1.165, 1.54) is 31.5 Å². The molecule has 0 saturated carbocycles.